The molecular weight excluding hydrogens is 372 g/mol. The molecule has 26 heavy (non-hydrogen) atoms. The van der Waals surface area contributed by atoms with Crippen LogP contribution in [0.4, 0.5) is 0 Å². The van der Waals surface area contributed by atoms with E-state index >= 15 is 0 Å². The molecule has 2 aromatic carbocycles. The van der Waals surface area contributed by atoms with Crippen LogP contribution in [0.15, 0.2) is 41.3 Å². The number of fused-ring (bicyclic) bond motifs is 1. The molecule has 0 amide bonds. The molecule has 1 heterocycles. The number of hydrogen-bond donors (Lipinski definition) is 1. The molecular formula is C19H23ClN2O3S. The fourth-order valence-electron chi connectivity index (χ4n) is 3.14. The van der Waals surface area contributed by atoms with Gasteiger partial charge in [-0.15, -0.1) is 0 Å². The third-order valence-electron chi connectivity index (χ3n) is 4.63. The molecule has 3 rings (SSSR count). The van der Waals surface area contributed by atoms with Crippen molar-refractivity contribution in [1.82, 2.24) is 9.62 Å². The van der Waals surface area contributed by atoms with Crippen LogP contribution in [-0.2, 0) is 16.4 Å². The molecule has 0 saturated carbocycles. The maximum Gasteiger partial charge on any atom is 0.240 e. The van der Waals surface area contributed by atoms with Gasteiger partial charge in [-0.1, -0.05) is 29.8 Å². The van der Waals surface area contributed by atoms with Gasteiger partial charge in [0.2, 0.25) is 10.0 Å². The second-order valence-electron chi connectivity index (χ2n) is 6.71. The maximum absolute atomic E-state index is 12.7. The molecule has 1 unspecified atom stereocenters. The van der Waals surface area contributed by atoms with Crippen LogP contribution in [0.5, 0.6) is 5.75 Å². The van der Waals surface area contributed by atoms with Crippen molar-refractivity contribution in [3.8, 4) is 5.75 Å². The number of nitrogens with one attached hydrogen (secondary N) is 1. The summed E-state index contributed by atoms with van der Waals surface area (Å²) in [6, 6.07) is 10.8. The van der Waals surface area contributed by atoms with Gasteiger partial charge in [0.15, 0.2) is 0 Å². The summed E-state index contributed by atoms with van der Waals surface area (Å²) >= 11 is 5.97. The van der Waals surface area contributed by atoms with Crippen molar-refractivity contribution in [3.63, 3.8) is 0 Å². The first-order chi connectivity index (χ1) is 12.3. The second kappa shape index (κ2) is 7.56. The fraction of sp³-hybridized carbons (Fsp3) is 0.368. The minimum atomic E-state index is -3.65. The van der Waals surface area contributed by atoms with Crippen LogP contribution in [-0.4, -0.2) is 40.6 Å². The lowest BCUT2D eigenvalue weighted by Gasteiger charge is -2.25. The Labute approximate surface area is 160 Å². The highest BCUT2D eigenvalue weighted by Crippen LogP contribution is 2.29. The third-order valence-corrected chi connectivity index (χ3v) is 6.43. The molecule has 0 saturated heterocycles. The van der Waals surface area contributed by atoms with Crippen molar-refractivity contribution < 1.29 is 13.2 Å². The zero-order valence-electron chi connectivity index (χ0n) is 15.1. The number of sulfonamides is 1. The van der Waals surface area contributed by atoms with E-state index in [1.54, 1.807) is 19.1 Å². The zero-order valence-corrected chi connectivity index (χ0v) is 16.7. The zero-order chi connectivity index (χ0) is 18.9. The van der Waals surface area contributed by atoms with Gasteiger partial charge in [-0.05, 0) is 55.9 Å². The maximum atomic E-state index is 12.7. The predicted octanol–water partition coefficient (Wildman–Crippen LogP) is 3.16. The lowest BCUT2D eigenvalue weighted by Crippen LogP contribution is -2.34. The first-order valence-electron chi connectivity index (χ1n) is 8.46. The van der Waals surface area contributed by atoms with Crippen molar-refractivity contribution in [2.75, 3.05) is 27.2 Å². The number of likely N-dealkylation sites (N-methyl/N-ethyl adjacent to an activating group) is 1. The Bertz CT molecular complexity index is 913. The molecule has 0 radical (unpaired) electrons. The first-order valence-corrected chi connectivity index (χ1v) is 10.3. The smallest absolute Gasteiger partial charge is 0.240 e. The van der Waals surface area contributed by atoms with Gasteiger partial charge in [0.05, 0.1) is 11.5 Å². The van der Waals surface area contributed by atoms with Gasteiger partial charge in [0.25, 0.3) is 0 Å². The Kier molecular flexibility index (Phi) is 5.58. The topological polar surface area (TPSA) is 58.6 Å². The van der Waals surface area contributed by atoms with Crippen LogP contribution >= 0.6 is 11.6 Å². The van der Waals surface area contributed by atoms with Crippen molar-refractivity contribution in [1.29, 1.82) is 0 Å². The summed E-state index contributed by atoms with van der Waals surface area (Å²) < 4.78 is 33.8. The van der Waals surface area contributed by atoms with Crippen LogP contribution < -0.4 is 9.46 Å². The summed E-state index contributed by atoms with van der Waals surface area (Å²) in [6.45, 7) is 2.72. The molecule has 0 aromatic heterocycles. The highest BCUT2D eigenvalue weighted by Gasteiger charge is 2.23. The molecule has 1 N–H and O–H groups in total. The number of hydrogen-bond acceptors (Lipinski definition) is 4. The molecule has 1 aliphatic rings. The predicted molar refractivity (Wildman–Crippen MR) is 103 cm³/mol. The van der Waals surface area contributed by atoms with E-state index in [0.717, 1.165) is 17.7 Å². The molecule has 0 bridgehead atoms. The van der Waals surface area contributed by atoms with Crippen molar-refractivity contribution in [2.24, 2.45) is 0 Å². The van der Waals surface area contributed by atoms with E-state index in [0.29, 0.717) is 17.2 Å². The Balaban J connectivity index is 1.82. The summed E-state index contributed by atoms with van der Waals surface area (Å²) in [4.78, 5) is 2.22. The van der Waals surface area contributed by atoms with E-state index in [4.69, 9.17) is 16.3 Å². The molecule has 0 spiro atoms. The van der Waals surface area contributed by atoms with Crippen molar-refractivity contribution in [2.45, 2.75) is 24.3 Å². The summed E-state index contributed by atoms with van der Waals surface area (Å²) in [6.07, 6.45) is 0.886. The Morgan fingerprint density at radius 1 is 1.23 bits per heavy atom. The number of halogens is 1. The standard InChI is InChI=1S/C19H23ClN2O3S/c1-13-4-6-16(20)11-19(13)26(23,24)21-12-17(22(2)3)14-5-7-18-15(10-14)8-9-25-18/h4-7,10-11,17,21H,8-9,12H2,1-3H3. The number of nitrogens with zero attached hydrogens (tertiary/aromatic N) is 1. The molecule has 5 nitrogen and oxygen atoms in total. The van der Waals surface area contributed by atoms with Crippen LogP contribution in [0.3, 0.4) is 0 Å². The summed E-state index contributed by atoms with van der Waals surface area (Å²) in [7, 11) is 0.228. The van der Waals surface area contributed by atoms with E-state index in [9.17, 15) is 8.42 Å². The number of aryl methyl sites for hydroxylation is 1. The average Bonchev–Trinajstić information content (AvgIpc) is 3.04. The number of ether oxygens (including phenoxy) is 1. The molecule has 0 aliphatic carbocycles. The van der Waals surface area contributed by atoms with Gasteiger partial charge >= 0.3 is 0 Å². The van der Waals surface area contributed by atoms with Crippen LogP contribution in [0, 0.1) is 6.92 Å². The highest BCUT2D eigenvalue weighted by atomic mass is 35.5. The Hall–Kier alpha value is -1.60. The molecule has 7 heteroatoms. The lowest BCUT2D eigenvalue weighted by molar-refractivity contribution is 0.299. The SMILES string of the molecule is Cc1ccc(Cl)cc1S(=O)(=O)NCC(c1ccc2c(c1)CCO2)N(C)C. The molecule has 1 atom stereocenters. The van der Waals surface area contributed by atoms with Crippen molar-refractivity contribution in [3.05, 3.63) is 58.1 Å². The first kappa shape index (κ1) is 19.2. The molecule has 140 valence electrons. The van der Waals surface area contributed by atoms with E-state index in [-0.39, 0.29) is 17.5 Å². The van der Waals surface area contributed by atoms with Crippen LogP contribution in [0.25, 0.3) is 0 Å². The van der Waals surface area contributed by atoms with Gasteiger partial charge in [-0.25, -0.2) is 13.1 Å². The Morgan fingerprint density at radius 3 is 2.73 bits per heavy atom. The fourth-order valence-corrected chi connectivity index (χ4v) is 4.69. The molecule has 2 aromatic rings. The molecule has 0 fully saturated rings. The van der Waals surface area contributed by atoms with Crippen LogP contribution in [0.1, 0.15) is 22.7 Å². The van der Waals surface area contributed by atoms with E-state index in [1.807, 2.05) is 31.1 Å². The average molecular weight is 395 g/mol. The molecule has 1 aliphatic heterocycles. The summed E-state index contributed by atoms with van der Waals surface area (Å²) in [5.41, 5.74) is 2.89. The second-order valence-corrected chi connectivity index (χ2v) is 8.88. The normalized spacial score (nSPS) is 15.0. The number of benzene rings is 2. The van der Waals surface area contributed by atoms with Gasteiger partial charge in [0.1, 0.15) is 5.75 Å². The summed E-state index contributed by atoms with van der Waals surface area (Å²) in [5, 5.41) is 0.402. The van der Waals surface area contributed by atoms with Gasteiger partial charge in [0, 0.05) is 24.0 Å². The van der Waals surface area contributed by atoms with E-state index < -0.39 is 10.0 Å². The monoisotopic (exact) mass is 394 g/mol. The number of rotatable bonds is 6. The van der Waals surface area contributed by atoms with Gasteiger partial charge in [-0.2, -0.15) is 0 Å². The van der Waals surface area contributed by atoms with E-state index in [2.05, 4.69) is 10.8 Å². The largest absolute Gasteiger partial charge is 0.493 e. The third kappa shape index (κ3) is 4.04. The van der Waals surface area contributed by atoms with Crippen LogP contribution in [0.2, 0.25) is 5.02 Å². The minimum absolute atomic E-state index is 0.0878. The Morgan fingerprint density at radius 2 is 2.00 bits per heavy atom. The summed E-state index contributed by atoms with van der Waals surface area (Å²) in [5.74, 6) is 0.918. The quantitative estimate of drug-likeness (QED) is 0.817. The highest BCUT2D eigenvalue weighted by molar-refractivity contribution is 7.89. The van der Waals surface area contributed by atoms with Crippen molar-refractivity contribution >= 4 is 21.6 Å². The lowest BCUT2D eigenvalue weighted by atomic mass is 10.0. The minimum Gasteiger partial charge on any atom is -0.493 e. The van der Waals surface area contributed by atoms with E-state index in [1.165, 1.54) is 11.6 Å². The van der Waals surface area contributed by atoms with Gasteiger partial charge < -0.3 is 9.64 Å². The van der Waals surface area contributed by atoms with Gasteiger partial charge in [-0.3, -0.25) is 0 Å².